The zero-order valence-corrected chi connectivity index (χ0v) is 10.4. The summed E-state index contributed by atoms with van der Waals surface area (Å²) in [5.41, 5.74) is 2.59. The number of hydrogen-bond acceptors (Lipinski definition) is 3. The Morgan fingerprint density at radius 1 is 1.18 bits per heavy atom. The first-order valence-corrected chi connectivity index (χ1v) is 6.47. The van der Waals surface area contributed by atoms with Gasteiger partial charge in [-0.15, -0.1) is 0 Å². The molecule has 0 unspecified atom stereocenters. The summed E-state index contributed by atoms with van der Waals surface area (Å²) in [5, 5.41) is 4.03. The minimum Gasteiger partial charge on any atom is -0.489 e. The molecule has 0 atom stereocenters. The molecular formula is C13H16ClNO2. The van der Waals surface area contributed by atoms with Crippen LogP contribution in [0.1, 0.15) is 24.0 Å². The first-order valence-electron chi connectivity index (χ1n) is 6.09. The summed E-state index contributed by atoms with van der Waals surface area (Å²) in [7, 11) is 0. The Bertz CT molecular complexity index is 416. The predicted octanol–water partition coefficient (Wildman–Crippen LogP) is 2.50. The van der Waals surface area contributed by atoms with Crippen molar-refractivity contribution in [3.63, 3.8) is 0 Å². The molecule has 1 aromatic rings. The van der Waals surface area contributed by atoms with Crippen LogP contribution in [0.3, 0.4) is 0 Å². The molecule has 0 amide bonds. The Morgan fingerprint density at radius 3 is 2.65 bits per heavy atom. The summed E-state index contributed by atoms with van der Waals surface area (Å²) < 4.78 is 11.3. The van der Waals surface area contributed by atoms with E-state index >= 15 is 0 Å². The standard InChI is InChI=1S/C13H16ClNO2/c14-12-5-9-7-15-8-10(9)6-13(12)17-11-1-3-16-4-2-11/h5-6,11,15H,1-4,7-8H2. The third-order valence-electron chi connectivity index (χ3n) is 3.35. The Balaban J connectivity index is 1.78. The van der Waals surface area contributed by atoms with E-state index in [0.29, 0.717) is 0 Å². The van der Waals surface area contributed by atoms with Crippen LogP contribution in [0.25, 0.3) is 0 Å². The number of hydrogen-bond donors (Lipinski definition) is 1. The van der Waals surface area contributed by atoms with Crippen molar-refractivity contribution >= 4 is 11.6 Å². The fraction of sp³-hybridized carbons (Fsp3) is 0.538. The van der Waals surface area contributed by atoms with Gasteiger partial charge < -0.3 is 14.8 Å². The Labute approximate surface area is 106 Å². The normalized spacial score (nSPS) is 20.3. The van der Waals surface area contributed by atoms with Crippen molar-refractivity contribution in [2.45, 2.75) is 32.0 Å². The first kappa shape index (κ1) is 11.3. The third kappa shape index (κ3) is 2.41. The molecular weight excluding hydrogens is 238 g/mol. The molecule has 0 radical (unpaired) electrons. The molecule has 1 saturated heterocycles. The summed E-state index contributed by atoms with van der Waals surface area (Å²) >= 11 is 6.24. The van der Waals surface area contributed by atoms with E-state index < -0.39 is 0 Å². The van der Waals surface area contributed by atoms with Gasteiger partial charge in [0.15, 0.2) is 0 Å². The molecule has 0 aromatic heterocycles. The first-order chi connectivity index (χ1) is 8.33. The highest BCUT2D eigenvalue weighted by atomic mass is 35.5. The predicted molar refractivity (Wildman–Crippen MR) is 66.5 cm³/mol. The maximum Gasteiger partial charge on any atom is 0.138 e. The van der Waals surface area contributed by atoms with Crippen molar-refractivity contribution in [3.8, 4) is 5.75 Å². The van der Waals surface area contributed by atoms with Gasteiger partial charge in [0.05, 0.1) is 18.2 Å². The van der Waals surface area contributed by atoms with E-state index in [9.17, 15) is 0 Å². The van der Waals surface area contributed by atoms with Crippen molar-refractivity contribution in [1.82, 2.24) is 5.32 Å². The van der Waals surface area contributed by atoms with Gasteiger partial charge in [0.25, 0.3) is 0 Å². The summed E-state index contributed by atoms with van der Waals surface area (Å²) in [6.07, 6.45) is 2.14. The number of halogens is 1. The van der Waals surface area contributed by atoms with Crippen molar-refractivity contribution < 1.29 is 9.47 Å². The van der Waals surface area contributed by atoms with Gasteiger partial charge in [0, 0.05) is 25.9 Å². The largest absolute Gasteiger partial charge is 0.489 e. The van der Waals surface area contributed by atoms with Gasteiger partial charge in [0.1, 0.15) is 11.9 Å². The van der Waals surface area contributed by atoms with E-state index in [1.165, 1.54) is 11.1 Å². The van der Waals surface area contributed by atoms with E-state index in [-0.39, 0.29) is 6.10 Å². The Kier molecular flexibility index (Phi) is 3.23. The molecule has 1 aromatic carbocycles. The summed E-state index contributed by atoms with van der Waals surface area (Å²) in [5.74, 6) is 0.820. The van der Waals surface area contributed by atoms with E-state index in [0.717, 1.165) is 49.9 Å². The molecule has 92 valence electrons. The lowest BCUT2D eigenvalue weighted by atomic mass is 10.1. The van der Waals surface area contributed by atoms with Crippen LogP contribution in [0.15, 0.2) is 12.1 Å². The summed E-state index contributed by atoms with van der Waals surface area (Å²) in [4.78, 5) is 0. The number of fused-ring (bicyclic) bond motifs is 1. The minimum atomic E-state index is 0.244. The molecule has 0 spiro atoms. The van der Waals surface area contributed by atoms with Crippen LogP contribution in [0.5, 0.6) is 5.75 Å². The van der Waals surface area contributed by atoms with E-state index in [1.807, 2.05) is 6.07 Å². The van der Waals surface area contributed by atoms with E-state index in [1.54, 1.807) is 0 Å². The number of benzene rings is 1. The molecule has 17 heavy (non-hydrogen) atoms. The molecule has 1 N–H and O–H groups in total. The van der Waals surface area contributed by atoms with Gasteiger partial charge in [-0.05, 0) is 23.3 Å². The highest BCUT2D eigenvalue weighted by Gasteiger charge is 2.19. The maximum atomic E-state index is 6.24. The van der Waals surface area contributed by atoms with Gasteiger partial charge in [-0.3, -0.25) is 0 Å². The lowest BCUT2D eigenvalue weighted by Crippen LogP contribution is -2.26. The monoisotopic (exact) mass is 253 g/mol. The minimum absolute atomic E-state index is 0.244. The number of rotatable bonds is 2. The zero-order chi connectivity index (χ0) is 11.7. The molecule has 2 heterocycles. The number of nitrogens with one attached hydrogen (secondary N) is 1. The van der Waals surface area contributed by atoms with E-state index in [4.69, 9.17) is 21.1 Å². The Morgan fingerprint density at radius 2 is 1.88 bits per heavy atom. The second-order valence-electron chi connectivity index (χ2n) is 4.58. The maximum absolute atomic E-state index is 6.24. The third-order valence-corrected chi connectivity index (χ3v) is 3.64. The van der Waals surface area contributed by atoms with Crippen molar-refractivity contribution in [2.24, 2.45) is 0 Å². The molecule has 1 fully saturated rings. The van der Waals surface area contributed by atoms with Gasteiger partial charge in [-0.1, -0.05) is 11.6 Å². The highest BCUT2D eigenvalue weighted by Crippen LogP contribution is 2.32. The second kappa shape index (κ2) is 4.84. The lowest BCUT2D eigenvalue weighted by Gasteiger charge is -2.24. The van der Waals surface area contributed by atoms with Gasteiger partial charge in [-0.2, -0.15) is 0 Å². The van der Waals surface area contributed by atoms with Crippen molar-refractivity contribution in [1.29, 1.82) is 0 Å². The fourth-order valence-electron chi connectivity index (χ4n) is 2.36. The number of ether oxygens (including phenoxy) is 2. The van der Waals surface area contributed by atoms with Gasteiger partial charge in [0.2, 0.25) is 0 Å². The van der Waals surface area contributed by atoms with Crippen LogP contribution in [0.2, 0.25) is 5.02 Å². The average molecular weight is 254 g/mol. The van der Waals surface area contributed by atoms with Crippen LogP contribution in [0, 0.1) is 0 Å². The van der Waals surface area contributed by atoms with Gasteiger partial charge >= 0.3 is 0 Å². The molecule has 2 aliphatic rings. The molecule has 2 aliphatic heterocycles. The fourth-order valence-corrected chi connectivity index (χ4v) is 2.59. The summed E-state index contributed by atoms with van der Waals surface area (Å²) in [6, 6.07) is 4.10. The molecule has 4 heteroatoms. The van der Waals surface area contributed by atoms with Crippen LogP contribution in [-0.2, 0) is 17.8 Å². The van der Waals surface area contributed by atoms with Gasteiger partial charge in [-0.25, -0.2) is 0 Å². The average Bonchev–Trinajstić information content (AvgIpc) is 2.78. The highest BCUT2D eigenvalue weighted by molar-refractivity contribution is 6.32. The van der Waals surface area contributed by atoms with Crippen molar-refractivity contribution in [2.75, 3.05) is 13.2 Å². The molecule has 0 saturated carbocycles. The SMILES string of the molecule is Clc1cc2c(cc1OC1CCOCC1)CNC2. The molecule has 3 nitrogen and oxygen atoms in total. The molecule has 3 rings (SSSR count). The topological polar surface area (TPSA) is 30.5 Å². The smallest absolute Gasteiger partial charge is 0.138 e. The lowest BCUT2D eigenvalue weighted by molar-refractivity contribution is 0.0256. The van der Waals surface area contributed by atoms with Crippen molar-refractivity contribution in [3.05, 3.63) is 28.3 Å². The zero-order valence-electron chi connectivity index (χ0n) is 9.67. The van der Waals surface area contributed by atoms with Crippen LogP contribution in [0.4, 0.5) is 0 Å². The van der Waals surface area contributed by atoms with Crippen LogP contribution in [-0.4, -0.2) is 19.3 Å². The quantitative estimate of drug-likeness (QED) is 0.879. The van der Waals surface area contributed by atoms with Crippen LogP contribution < -0.4 is 10.1 Å². The summed E-state index contributed by atoms with van der Waals surface area (Å²) in [6.45, 7) is 3.40. The second-order valence-corrected chi connectivity index (χ2v) is 4.99. The Hall–Kier alpha value is -0.770. The molecule has 0 aliphatic carbocycles. The van der Waals surface area contributed by atoms with Crippen LogP contribution >= 0.6 is 11.6 Å². The molecule has 0 bridgehead atoms. The van der Waals surface area contributed by atoms with E-state index in [2.05, 4.69) is 11.4 Å².